The van der Waals surface area contributed by atoms with Crippen molar-refractivity contribution in [3.8, 4) is 0 Å². The largest absolute Gasteiger partial charge is 0.322 e. The minimum Gasteiger partial charge on any atom is -0.322 e. The molecule has 0 N–H and O–H groups in total. The van der Waals surface area contributed by atoms with Crippen molar-refractivity contribution < 1.29 is 0 Å². The number of aliphatic imine (C=N–C) groups is 1. The Hall–Kier alpha value is -0.440. The van der Waals surface area contributed by atoms with Gasteiger partial charge < -0.3 is 4.90 Å². The van der Waals surface area contributed by atoms with E-state index in [1.807, 2.05) is 0 Å². The fourth-order valence-electron chi connectivity index (χ4n) is 1.85. The Morgan fingerprint density at radius 3 is 3.17 bits per heavy atom. The highest BCUT2D eigenvalue weighted by molar-refractivity contribution is 8.16. The molecule has 0 bridgehead atoms. The zero-order valence-electron chi connectivity index (χ0n) is 7.21. The topological polar surface area (TPSA) is 15.6 Å². The van der Waals surface area contributed by atoms with Crippen molar-refractivity contribution in [1.82, 2.24) is 4.90 Å². The van der Waals surface area contributed by atoms with Crippen molar-refractivity contribution in [3.63, 3.8) is 0 Å². The van der Waals surface area contributed by atoms with Gasteiger partial charge in [-0.2, -0.15) is 0 Å². The number of thioether (sulfide) groups is 1. The molecule has 0 atom stereocenters. The van der Waals surface area contributed by atoms with Crippen molar-refractivity contribution in [2.24, 2.45) is 4.99 Å². The first-order chi connectivity index (χ1) is 5.83. The van der Waals surface area contributed by atoms with Crippen LogP contribution in [0.15, 0.2) is 16.1 Å². The molecule has 0 unspecified atom stereocenters. The van der Waals surface area contributed by atoms with E-state index in [0.717, 1.165) is 13.0 Å². The number of hydrogen-bond acceptors (Lipinski definition) is 3. The lowest BCUT2D eigenvalue weighted by atomic mass is 10.2. The Kier molecular flexibility index (Phi) is 1.21. The van der Waals surface area contributed by atoms with Crippen LogP contribution < -0.4 is 0 Å². The standard InChI is InChI=1S/C9H12N2S/c1-2-7-5-12-8-10-9(3-4-9)6-11(7)8/h5H,2-4,6H2,1H3. The van der Waals surface area contributed by atoms with Gasteiger partial charge in [-0.1, -0.05) is 18.7 Å². The number of fused-ring (bicyclic) bond motifs is 1. The third kappa shape index (κ3) is 0.802. The van der Waals surface area contributed by atoms with Gasteiger partial charge in [-0.3, -0.25) is 4.99 Å². The second kappa shape index (κ2) is 2.08. The van der Waals surface area contributed by atoms with Crippen LogP contribution in [0.3, 0.4) is 0 Å². The zero-order valence-corrected chi connectivity index (χ0v) is 8.02. The summed E-state index contributed by atoms with van der Waals surface area (Å²) in [5, 5.41) is 3.50. The summed E-state index contributed by atoms with van der Waals surface area (Å²) < 4.78 is 0. The first-order valence-electron chi connectivity index (χ1n) is 4.56. The van der Waals surface area contributed by atoms with Gasteiger partial charge in [0.25, 0.3) is 0 Å². The fourth-order valence-corrected chi connectivity index (χ4v) is 2.94. The maximum Gasteiger partial charge on any atom is 0.168 e. The predicted molar refractivity (Wildman–Crippen MR) is 52.1 cm³/mol. The lowest BCUT2D eigenvalue weighted by Crippen LogP contribution is -2.24. The normalized spacial score (nSPS) is 28.9. The predicted octanol–water partition coefficient (Wildman–Crippen LogP) is 2.19. The maximum absolute atomic E-state index is 4.75. The molecule has 3 aliphatic rings. The number of hydrogen-bond donors (Lipinski definition) is 0. The second-order valence-electron chi connectivity index (χ2n) is 3.79. The molecule has 1 saturated carbocycles. The Balaban J connectivity index is 1.90. The lowest BCUT2D eigenvalue weighted by molar-refractivity contribution is 0.491. The minimum atomic E-state index is 0.372. The highest BCUT2D eigenvalue weighted by Gasteiger charge is 2.50. The minimum absolute atomic E-state index is 0.372. The van der Waals surface area contributed by atoms with Gasteiger partial charge in [0.1, 0.15) is 0 Å². The van der Waals surface area contributed by atoms with E-state index in [4.69, 9.17) is 4.99 Å². The molecule has 12 heavy (non-hydrogen) atoms. The molecule has 0 amide bonds. The molecule has 0 radical (unpaired) electrons. The Labute approximate surface area is 76.7 Å². The SMILES string of the molecule is CCC1=CSC2=NC3(CC3)CN12. The lowest BCUT2D eigenvalue weighted by Gasteiger charge is -2.16. The first-order valence-corrected chi connectivity index (χ1v) is 5.44. The highest BCUT2D eigenvalue weighted by Crippen LogP contribution is 2.48. The van der Waals surface area contributed by atoms with Gasteiger partial charge in [-0.05, 0) is 24.7 Å². The Morgan fingerprint density at radius 1 is 1.67 bits per heavy atom. The summed E-state index contributed by atoms with van der Waals surface area (Å²) in [5.74, 6) is 0. The molecule has 1 spiro atoms. The molecule has 0 saturated heterocycles. The average Bonchev–Trinajstić information content (AvgIpc) is 2.52. The molecule has 0 aromatic carbocycles. The first kappa shape index (κ1) is 7.01. The van der Waals surface area contributed by atoms with E-state index in [2.05, 4.69) is 17.2 Å². The third-order valence-corrected chi connectivity index (χ3v) is 3.77. The summed E-state index contributed by atoms with van der Waals surface area (Å²) in [5.41, 5.74) is 1.83. The third-order valence-electron chi connectivity index (χ3n) is 2.85. The van der Waals surface area contributed by atoms with Crippen LogP contribution in [0.25, 0.3) is 0 Å². The quantitative estimate of drug-likeness (QED) is 0.614. The maximum atomic E-state index is 4.75. The summed E-state index contributed by atoms with van der Waals surface area (Å²) in [6.45, 7) is 3.38. The highest BCUT2D eigenvalue weighted by atomic mass is 32.2. The number of nitrogens with zero attached hydrogens (tertiary/aromatic N) is 2. The van der Waals surface area contributed by atoms with Gasteiger partial charge in [-0.25, -0.2) is 0 Å². The van der Waals surface area contributed by atoms with Gasteiger partial charge in [0.15, 0.2) is 5.17 Å². The molecular weight excluding hydrogens is 168 g/mol. The van der Waals surface area contributed by atoms with Crippen molar-refractivity contribution in [2.75, 3.05) is 6.54 Å². The molecule has 0 aromatic heterocycles. The molecule has 3 rings (SSSR count). The Morgan fingerprint density at radius 2 is 2.50 bits per heavy atom. The van der Waals surface area contributed by atoms with Crippen LogP contribution in [0.4, 0.5) is 0 Å². The molecule has 0 aromatic rings. The van der Waals surface area contributed by atoms with Crippen molar-refractivity contribution in [2.45, 2.75) is 31.7 Å². The van der Waals surface area contributed by atoms with Crippen molar-refractivity contribution in [3.05, 3.63) is 11.1 Å². The van der Waals surface area contributed by atoms with E-state index in [1.54, 1.807) is 11.8 Å². The molecule has 2 nitrogen and oxygen atoms in total. The number of amidine groups is 1. The van der Waals surface area contributed by atoms with Crippen LogP contribution in [-0.2, 0) is 0 Å². The molecular formula is C9H12N2S. The zero-order chi connectivity index (χ0) is 8.18. The van der Waals surface area contributed by atoms with Gasteiger partial charge >= 0.3 is 0 Å². The van der Waals surface area contributed by atoms with E-state index in [1.165, 1.54) is 23.7 Å². The summed E-state index contributed by atoms with van der Waals surface area (Å²) in [6, 6.07) is 0. The molecule has 3 heteroatoms. The van der Waals surface area contributed by atoms with E-state index >= 15 is 0 Å². The molecule has 1 aliphatic carbocycles. The average molecular weight is 180 g/mol. The van der Waals surface area contributed by atoms with Crippen LogP contribution in [0.1, 0.15) is 26.2 Å². The molecule has 1 fully saturated rings. The number of allylic oxidation sites excluding steroid dienone is 1. The van der Waals surface area contributed by atoms with E-state index in [9.17, 15) is 0 Å². The van der Waals surface area contributed by atoms with Crippen LogP contribution in [0, 0.1) is 0 Å². The second-order valence-corrected chi connectivity index (χ2v) is 4.62. The van der Waals surface area contributed by atoms with Crippen LogP contribution in [0.2, 0.25) is 0 Å². The summed E-state index contributed by atoms with van der Waals surface area (Å²) in [7, 11) is 0. The van der Waals surface area contributed by atoms with E-state index in [-0.39, 0.29) is 0 Å². The van der Waals surface area contributed by atoms with Crippen LogP contribution in [0.5, 0.6) is 0 Å². The van der Waals surface area contributed by atoms with Crippen LogP contribution in [-0.4, -0.2) is 22.2 Å². The summed E-state index contributed by atoms with van der Waals surface area (Å²) >= 11 is 1.80. The van der Waals surface area contributed by atoms with Crippen LogP contribution >= 0.6 is 11.8 Å². The van der Waals surface area contributed by atoms with Gasteiger partial charge in [0.05, 0.1) is 12.1 Å². The van der Waals surface area contributed by atoms with E-state index in [0.29, 0.717) is 5.54 Å². The Bertz CT molecular complexity index is 289. The monoisotopic (exact) mass is 180 g/mol. The van der Waals surface area contributed by atoms with Crippen molar-refractivity contribution in [1.29, 1.82) is 0 Å². The van der Waals surface area contributed by atoms with Crippen molar-refractivity contribution >= 4 is 16.9 Å². The fraction of sp³-hybridized carbons (Fsp3) is 0.667. The van der Waals surface area contributed by atoms with Gasteiger partial charge in [-0.15, -0.1) is 0 Å². The van der Waals surface area contributed by atoms with Gasteiger partial charge in [0, 0.05) is 5.70 Å². The molecule has 2 aliphatic heterocycles. The summed E-state index contributed by atoms with van der Waals surface area (Å²) in [6.07, 6.45) is 3.76. The smallest absolute Gasteiger partial charge is 0.168 e. The number of rotatable bonds is 1. The van der Waals surface area contributed by atoms with E-state index < -0.39 is 0 Å². The molecule has 64 valence electrons. The van der Waals surface area contributed by atoms with Gasteiger partial charge in [0.2, 0.25) is 0 Å². The summed E-state index contributed by atoms with van der Waals surface area (Å²) in [4.78, 5) is 7.15. The molecule has 2 heterocycles.